The first-order chi connectivity index (χ1) is 38.8. The molecule has 0 saturated carbocycles. The van der Waals surface area contributed by atoms with Crippen LogP contribution < -0.4 is 4.90 Å². The number of aryl methyl sites for hydroxylation is 1. The molecular formula is C77H79N4OPt-. The van der Waals surface area contributed by atoms with Crippen molar-refractivity contribution < 1.29 is 26.2 Å². The summed E-state index contributed by atoms with van der Waals surface area (Å²) < 4.78 is 2.18. The Hall–Kier alpha value is -7.85. The van der Waals surface area contributed by atoms with E-state index < -0.39 is 0 Å². The van der Waals surface area contributed by atoms with Gasteiger partial charge in [0.05, 0.1) is 16.6 Å². The van der Waals surface area contributed by atoms with Crippen molar-refractivity contribution in [3.05, 3.63) is 234 Å². The van der Waals surface area contributed by atoms with Crippen molar-refractivity contribution in [2.45, 2.75) is 112 Å². The van der Waals surface area contributed by atoms with Crippen LogP contribution in [0.2, 0.25) is 0 Å². The molecule has 0 unspecified atom stereocenters. The predicted molar refractivity (Wildman–Crippen MR) is 349 cm³/mol. The van der Waals surface area contributed by atoms with Crippen molar-refractivity contribution in [3.63, 3.8) is 0 Å². The number of rotatable bonds is 11. The van der Waals surface area contributed by atoms with Crippen LogP contribution in [0.5, 0.6) is 5.75 Å². The number of phenolic OH excluding ortho intramolecular Hbond substituents is 1. The van der Waals surface area contributed by atoms with Crippen molar-refractivity contribution in [2.75, 3.05) is 11.9 Å². The molecule has 1 N–H and O–H groups in total. The smallest absolute Gasteiger partial charge is 0.143 e. The van der Waals surface area contributed by atoms with E-state index in [0.717, 1.165) is 112 Å². The SMILES string of the molecule is C=C/C(=C(\C)N(C)c1ccccc1)c1ccnc(-c2[c-]c(-c3cc(-c4cc(C(C)(C)C)ccc4-c4ccccc4)cc4c3nc(-c3cc(C(C)(C)C)cc(C(C)(C)C)c3O)n4C)cc(-c3cc(C(C)(C)C)ccc3-c3ccccc3)c2)c1.[Pt]. The number of nitrogens with zero attached hydrogens (tertiary/aromatic N) is 4. The van der Waals surface area contributed by atoms with Crippen LogP contribution in [0.3, 0.4) is 0 Å². The zero-order valence-corrected chi connectivity index (χ0v) is 53.4. The number of anilines is 1. The molecule has 5 nitrogen and oxygen atoms in total. The number of aromatic hydroxyl groups is 1. The molecule has 2 aromatic heterocycles. The van der Waals surface area contributed by atoms with E-state index >= 15 is 0 Å². The van der Waals surface area contributed by atoms with Crippen LogP contribution in [0.25, 0.3) is 94.9 Å². The van der Waals surface area contributed by atoms with Gasteiger partial charge < -0.3 is 14.6 Å². The van der Waals surface area contributed by atoms with Crippen molar-refractivity contribution >= 4 is 22.3 Å². The van der Waals surface area contributed by atoms with Crippen molar-refractivity contribution in [2.24, 2.45) is 7.05 Å². The van der Waals surface area contributed by atoms with Gasteiger partial charge in [-0.15, -0.1) is 23.8 Å². The van der Waals surface area contributed by atoms with Gasteiger partial charge in [0.1, 0.15) is 11.6 Å². The van der Waals surface area contributed by atoms with E-state index in [1.807, 2.05) is 18.3 Å². The fraction of sp³-hybridized carbons (Fsp3) is 0.247. The Labute approximate surface area is 508 Å². The largest absolute Gasteiger partial charge is 0.507 e. The van der Waals surface area contributed by atoms with Gasteiger partial charge in [-0.2, -0.15) is 0 Å². The molecule has 0 fully saturated rings. The maximum absolute atomic E-state index is 12.6. The van der Waals surface area contributed by atoms with Crippen LogP contribution in [0.1, 0.15) is 118 Å². The second-order valence-corrected chi connectivity index (χ2v) is 26.3. The van der Waals surface area contributed by atoms with Gasteiger partial charge >= 0.3 is 0 Å². The first kappa shape index (κ1) is 59.8. The molecule has 10 rings (SSSR count). The van der Waals surface area contributed by atoms with E-state index in [-0.39, 0.29) is 48.5 Å². The van der Waals surface area contributed by atoms with E-state index in [4.69, 9.17) is 9.97 Å². The molecule has 6 heteroatoms. The first-order valence-electron chi connectivity index (χ1n) is 28.8. The molecule has 0 aliphatic rings. The van der Waals surface area contributed by atoms with Crippen LogP contribution >= 0.6 is 0 Å². The Bertz CT molecular complexity index is 4060. The quantitative estimate of drug-likeness (QED) is 0.104. The minimum Gasteiger partial charge on any atom is -0.507 e. The van der Waals surface area contributed by atoms with Gasteiger partial charge in [0.2, 0.25) is 0 Å². The fourth-order valence-electron chi connectivity index (χ4n) is 11.2. The number of allylic oxidation sites excluding steroid dienone is 3. The number of pyridine rings is 1. The van der Waals surface area contributed by atoms with Crippen molar-refractivity contribution in [3.8, 4) is 84.0 Å². The summed E-state index contributed by atoms with van der Waals surface area (Å²) in [7, 11) is 4.19. The minimum atomic E-state index is -0.340. The summed E-state index contributed by atoms with van der Waals surface area (Å²) in [6.07, 6.45) is 3.85. The third-order valence-corrected chi connectivity index (χ3v) is 16.3. The van der Waals surface area contributed by atoms with Crippen molar-refractivity contribution in [1.82, 2.24) is 14.5 Å². The Morgan fingerprint density at radius 3 is 1.55 bits per heavy atom. The van der Waals surface area contributed by atoms with Gasteiger partial charge in [-0.1, -0.05) is 246 Å². The maximum atomic E-state index is 12.6. The van der Waals surface area contributed by atoms with Crippen LogP contribution in [0.15, 0.2) is 200 Å². The van der Waals surface area contributed by atoms with Crippen LogP contribution in [0.4, 0.5) is 5.69 Å². The number of fused-ring (bicyclic) bond motifs is 1. The minimum absolute atomic E-state index is 0. The summed E-state index contributed by atoms with van der Waals surface area (Å²) in [5, 5.41) is 12.6. The summed E-state index contributed by atoms with van der Waals surface area (Å²) in [5.74, 6) is 0.931. The molecule has 83 heavy (non-hydrogen) atoms. The average molecular weight is 1270 g/mol. The summed E-state index contributed by atoms with van der Waals surface area (Å²) in [5.41, 5.74) is 22.5. The van der Waals surface area contributed by atoms with Gasteiger partial charge in [0.25, 0.3) is 0 Å². The Morgan fingerprint density at radius 1 is 0.530 bits per heavy atom. The zero-order valence-electron chi connectivity index (χ0n) is 51.2. The van der Waals surface area contributed by atoms with Crippen LogP contribution in [0, 0.1) is 6.07 Å². The predicted octanol–water partition coefficient (Wildman–Crippen LogP) is 20.4. The Kier molecular flexibility index (Phi) is 16.6. The first-order valence-corrected chi connectivity index (χ1v) is 28.8. The zero-order chi connectivity index (χ0) is 58.6. The second-order valence-electron chi connectivity index (χ2n) is 26.3. The molecule has 0 aliphatic heterocycles. The fourth-order valence-corrected chi connectivity index (χ4v) is 11.2. The summed E-state index contributed by atoms with van der Waals surface area (Å²) in [6, 6.07) is 67.5. The van der Waals surface area contributed by atoms with Gasteiger partial charge in [0, 0.05) is 64.0 Å². The Balaban J connectivity index is 0.00000828. The average Bonchev–Trinajstić information content (AvgIpc) is 2.47. The summed E-state index contributed by atoms with van der Waals surface area (Å²) in [6.45, 7) is 33.3. The number of hydrogen-bond donors (Lipinski definition) is 1. The second kappa shape index (κ2) is 23.1. The van der Waals surface area contributed by atoms with Crippen LogP contribution in [-0.2, 0) is 49.8 Å². The number of imidazole rings is 1. The molecule has 0 bridgehead atoms. The topological polar surface area (TPSA) is 54.2 Å². The third kappa shape index (κ3) is 12.2. The van der Waals surface area contributed by atoms with Crippen LogP contribution in [-0.4, -0.2) is 26.7 Å². The third-order valence-electron chi connectivity index (χ3n) is 16.3. The molecule has 0 saturated heterocycles. The molecule has 424 valence electrons. The molecule has 0 aliphatic carbocycles. The molecule has 10 aromatic rings. The monoisotopic (exact) mass is 1270 g/mol. The number of aromatic nitrogens is 3. The molecule has 0 amide bonds. The van der Waals surface area contributed by atoms with E-state index in [1.54, 1.807) is 0 Å². The maximum Gasteiger partial charge on any atom is 0.143 e. The molecule has 8 aromatic carbocycles. The number of benzene rings is 8. The molecule has 0 radical (unpaired) electrons. The van der Waals surface area contributed by atoms with E-state index in [2.05, 4.69) is 296 Å². The summed E-state index contributed by atoms with van der Waals surface area (Å²) in [4.78, 5) is 13.1. The van der Waals surface area contributed by atoms with E-state index in [1.165, 1.54) is 11.1 Å². The summed E-state index contributed by atoms with van der Waals surface area (Å²) >= 11 is 0. The van der Waals surface area contributed by atoms with E-state index in [9.17, 15) is 5.11 Å². The van der Waals surface area contributed by atoms with Gasteiger partial charge in [-0.25, -0.2) is 4.98 Å². The number of phenols is 1. The number of hydrogen-bond acceptors (Lipinski definition) is 4. The number of para-hydroxylation sites is 1. The molecule has 0 atom stereocenters. The molecule has 2 heterocycles. The van der Waals surface area contributed by atoms with Crippen molar-refractivity contribution in [1.29, 1.82) is 0 Å². The van der Waals surface area contributed by atoms with E-state index in [0.29, 0.717) is 11.4 Å². The van der Waals surface area contributed by atoms with Gasteiger partial charge in [0.15, 0.2) is 0 Å². The van der Waals surface area contributed by atoms with Gasteiger partial charge in [-0.05, 0) is 126 Å². The standard InChI is InChI=1S/C77H79N4O.Pt/c1-17-61(49(2)80(15)60-31-25-20-26-32-60)52-37-38-78-69(43-52)56-40-53(64-45-57(74(3,4)5)33-35-62(64)50-27-21-18-22-28-50)39-54(41-56)66-42-55(65-46-58(75(6,7)8)34-36-63(65)51-29-23-19-24-30-51)44-70-71(66)79-73(81(70)16)67-47-59(76(9,10)11)48-68(72(67)82)77(12,13)14;/h17-40,42-48,82H,1H2,2-16H3;/q-1;/b61-49-;. The van der Waals surface area contributed by atoms with Gasteiger partial charge in [-0.3, -0.25) is 4.98 Å². The molecule has 0 spiro atoms. The Morgan fingerprint density at radius 2 is 1.04 bits per heavy atom. The molecular weight excluding hydrogens is 1190 g/mol. The normalized spacial score (nSPS) is 12.5.